The Labute approximate surface area is 133 Å². The van der Waals surface area contributed by atoms with Crippen molar-refractivity contribution in [1.29, 1.82) is 0 Å². The number of rotatable bonds is 4. The number of hydrogen-bond donors (Lipinski definition) is 3. The van der Waals surface area contributed by atoms with Crippen LogP contribution in [0.25, 0.3) is 0 Å². The van der Waals surface area contributed by atoms with Gasteiger partial charge in [0, 0.05) is 11.7 Å². The number of para-hydroxylation sites is 1. The molecule has 0 saturated heterocycles. The van der Waals surface area contributed by atoms with E-state index in [9.17, 15) is 0 Å². The highest BCUT2D eigenvalue weighted by molar-refractivity contribution is 6.01. The van der Waals surface area contributed by atoms with E-state index < -0.39 is 0 Å². The van der Waals surface area contributed by atoms with Gasteiger partial charge in [-0.25, -0.2) is 4.99 Å². The Hall–Kier alpha value is -2.04. The van der Waals surface area contributed by atoms with Crippen LogP contribution < -0.4 is 16.8 Å². The topological polar surface area (TPSA) is 88.8 Å². The Morgan fingerprint density at radius 2 is 1.45 bits per heavy atom. The highest BCUT2D eigenvalue weighted by Crippen LogP contribution is 2.32. The second kappa shape index (κ2) is 7.82. The van der Waals surface area contributed by atoms with Gasteiger partial charge >= 0.3 is 0 Å². The lowest BCUT2D eigenvalue weighted by molar-refractivity contribution is 0.831. The molecule has 0 fully saturated rings. The summed E-state index contributed by atoms with van der Waals surface area (Å²) in [5.41, 5.74) is 15.2. The van der Waals surface area contributed by atoms with Gasteiger partial charge in [0.15, 0.2) is 0 Å². The van der Waals surface area contributed by atoms with Crippen molar-refractivity contribution in [1.82, 2.24) is 0 Å². The summed E-state index contributed by atoms with van der Waals surface area (Å²) in [6.07, 6.45) is 0. The van der Waals surface area contributed by atoms with Gasteiger partial charge in [0.2, 0.25) is 11.9 Å². The molecule has 0 saturated carbocycles. The lowest BCUT2D eigenvalue weighted by atomic mass is 9.93. The third kappa shape index (κ3) is 5.06. The number of benzene rings is 1. The molecule has 0 spiro atoms. The number of nitrogens with one attached hydrogen (secondary N) is 1. The number of guanidine groups is 2. The molecule has 5 N–H and O–H groups in total. The second-order valence-electron chi connectivity index (χ2n) is 6.32. The molecule has 0 radical (unpaired) electrons. The molecule has 0 unspecified atom stereocenters. The molecule has 5 heteroatoms. The van der Waals surface area contributed by atoms with E-state index in [0.29, 0.717) is 11.8 Å². The van der Waals surface area contributed by atoms with Crippen molar-refractivity contribution in [2.75, 3.05) is 5.32 Å². The molecule has 0 aliphatic carbocycles. The highest BCUT2D eigenvalue weighted by Gasteiger charge is 2.14. The molecule has 5 nitrogen and oxygen atoms in total. The van der Waals surface area contributed by atoms with Gasteiger partial charge in [-0.05, 0) is 36.8 Å². The predicted molar refractivity (Wildman–Crippen MR) is 96.6 cm³/mol. The smallest absolute Gasteiger partial charge is 0.218 e. The third-order valence-electron chi connectivity index (χ3n) is 3.25. The van der Waals surface area contributed by atoms with Crippen LogP contribution in [0.15, 0.2) is 28.2 Å². The van der Waals surface area contributed by atoms with Crippen LogP contribution in [-0.2, 0) is 0 Å². The van der Waals surface area contributed by atoms with E-state index >= 15 is 0 Å². The van der Waals surface area contributed by atoms with E-state index in [1.165, 1.54) is 11.1 Å². The van der Waals surface area contributed by atoms with Crippen molar-refractivity contribution in [2.45, 2.75) is 59.4 Å². The maximum atomic E-state index is 6.00. The van der Waals surface area contributed by atoms with Gasteiger partial charge in [0.05, 0.1) is 0 Å². The van der Waals surface area contributed by atoms with Crippen molar-refractivity contribution in [3.8, 4) is 0 Å². The highest BCUT2D eigenvalue weighted by atomic mass is 15.2. The lowest BCUT2D eigenvalue weighted by Crippen LogP contribution is -2.27. The van der Waals surface area contributed by atoms with E-state index in [4.69, 9.17) is 11.5 Å². The molecular formula is C17H29N5. The summed E-state index contributed by atoms with van der Waals surface area (Å²) in [5, 5.41) is 3.21. The zero-order valence-electron chi connectivity index (χ0n) is 14.5. The molecular weight excluding hydrogens is 274 g/mol. The Morgan fingerprint density at radius 3 is 1.86 bits per heavy atom. The fourth-order valence-electron chi connectivity index (χ4n) is 2.27. The number of hydrogen-bond acceptors (Lipinski definition) is 1. The van der Waals surface area contributed by atoms with Gasteiger partial charge < -0.3 is 16.8 Å². The Balaban J connectivity index is 3.18. The first kappa shape index (κ1) is 18.0. The largest absolute Gasteiger partial charge is 0.369 e. The van der Waals surface area contributed by atoms with Crippen LogP contribution in [0, 0.1) is 0 Å². The number of aliphatic imine (C=N–C) groups is 2. The van der Waals surface area contributed by atoms with Crippen molar-refractivity contribution in [3.05, 3.63) is 29.3 Å². The maximum Gasteiger partial charge on any atom is 0.218 e. The van der Waals surface area contributed by atoms with Crippen LogP contribution >= 0.6 is 0 Å². The van der Waals surface area contributed by atoms with Crippen LogP contribution in [0.2, 0.25) is 0 Å². The van der Waals surface area contributed by atoms with E-state index in [1.807, 2.05) is 13.8 Å². The van der Waals surface area contributed by atoms with Crippen LogP contribution in [-0.4, -0.2) is 18.0 Å². The summed E-state index contributed by atoms with van der Waals surface area (Å²) >= 11 is 0. The molecule has 1 aromatic rings. The van der Waals surface area contributed by atoms with Crippen molar-refractivity contribution in [3.63, 3.8) is 0 Å². The summed E-state index contributed by atoms with van der Waals surface area (Å²) in [7, 11) is 0. The molecule has 22 heavy (non-hydrogen) atoms. The molecule has 0 atom stereocenters. The van der Waals surface area contributed by atoms with Crippen molar-refractivity contribution in [2.24, 2.45) is 21.5 Å². The molecule has 1 aromatic carbocycles. The average Bonchev–Trinajstić information content (AvgIpc) is 2.36. The van der Waals surface area contributed by atoms with E-state index in [2.05, 4.69) is 61.2 Å². The fraction of sp³-hybridized carbons (Fsp3) is 0.529. The minimum Gasteiger partial charge on any atom is -0.369 e. The number of nitrogens with two attached hydrogens (primary N) is 2. The van der Waals surface area contributed by atoms with E-state index in [1.54, 1.807) is 0 Å². The van der Waals surface area contributed by atoms with Gasteiger partial charge in [-0.1, -0.05) is 45.9 Å². The zero-order chi connectivity index (χ0) is 16.9. The van der Waals surface area contributed by atoms with Crippen LogP contribution in [0.1, 0.15) is 64.5 Å². The molecule has 0 aliphatic heterocycles. The minimum absolute atomic E-state index is 0.0886. The normalized spacial score (nSPS) is 13.3. The Morgan fingerprint density at radius 1 is 0.955 bits per heavy atom. The van der Waals surface area contributed by atoms with Crippen LogP contribution in [0.3, 0.4) is 0 Å². The first-order chi connectivity index (χ1) is 10.2. The molecule has 1 rings (SSSR count). The van der Waals surface area contributed by atoms with Crippen LogP contribution in [0.5, 0.6) is 0 Å². The summed E-state index contributed by atoms with van der Waals surface area (Å²) in [6.45, 7) is 12.5. The predicted octanol–water partition coefficient (Wildman–Crippen LogP) is 3.38. The standard InChI is InChI=1S/C17H29N5/c1-10(2)13-8-7-9-14(11(3)4)15(13)21-17(19)22-16(18)20-12(5)6/h7-12H,1-6H3,(H5,18,19,20,21,22). The number of anilines is 1. The monoisotopic (exact) mass is 303 g/mol. The minimum atomic E-state index is 0.0886. The molecule has 122 valence electrons. The zero-order valence-corrected chi connectivity index (χ0v) is 14.5. The van der Waals surface area contributed by atoms with Gasteiger partial charge in [0.1, 0.15) is 0 Å². The quantitative estimate of drug-likeness (QED) is 0.588. The Kier molecular flexibility index (Phi) is 6.40. The SMILES string of the molecule is CC(C)N=C(N)/N=C(/N)Nc1c(C(C)C)cccc1C(C)C. The first-order valence-electron chi connectivity index (χ1n) is 7.79. The first-order valence-corrected chi connectivity index (χ1v) is 7.79. The lowest BCUT2D eigenvalue weighted by Gasteiger charge is -2.20. The fourth-order valence-corrected chi connectivity index (χ4v) is 2.27. The molecule has 0 aliphatic rings. The Bertz CT molecular complexity index is 530. The van der Waals surface area contributed by atoms with Crippen molar-refractivity contribution < 1.29 is 0 Å². The average molecular weight is 303 g/mol. The summed E-state index contributed by atoms with van der Waals surface area (Å²) < 4.78 is 0. The molecule has 0 aromatic heterocycles. The molecule has 0 bridgehead atoms. The maximum absolute atomic E-state index is 6.00. The molecule has 0 amide bonds. The van der Waals surface area contributed by atoms with Gasteiger partial charge in [-0.15, -0.1) is 0 Å². The second-order valence-corrected chi connectivity index (χ2v) is 6.32. The summed E-state index contributed by atoms with van der Waals surface area (Å²) in [4.78, 5) is 8.29. The van der Waals surface area contributed by atoms with Gasteiger partial charge in [-0.2, -0.15) is 4.99 Å². The summed E-state index contributed by atoms with van der Waals surface area (Å²) in [5.74, 6) is 1.22. The van der Waals surface area contributed by atoms with Crippen molar-refractivity contribution >= 4 is 17.6 Å². The number of nitrogens with zero attached hydrogens (tertiary/aromatic N) is 2. The van der Waals surface area contributed by atoms with E-state index in [-0.39, 0.29) is 18.0 Å². The van der Waals surface area contributed by atoms with Gasteiger partial charge in [-0.3, -0.25) is 0 Å². The molecule has 0 heterocycles. The third-order valence-corrected chi connectivity index (χ3v) is 3.25. The van der Waals surface area contributed by atoms with E-state index in [0.717, 1.165) is 5.69 Å². The van der Waals surface area contributed by atoms with Gasteiger partial charge in [0.25, 0.3) is 0 Å². The summed E-state index contributed by atoms with van der Waals surface area (Å²) in [6, 6.07) is 6.39. The van der Waals surface area contributed by atoms with Crippen LogP contribution in [0.4, 0.5) is 5.69 Å².